The second-order valence-electron chi connectivity index (χ2n) is 19.1. The van der Waals surface area contributed by atoms with E-state index in [2.05, 4.69) is 29.5 Å². The molecule has 13 unspecified atom stereocenters. The summed E-state index contributed by atoms with van der Waals surface area (Å²) < 4.78 is 35.1. The van der Waals surface area contributed by atoms with Crippen molar-refractivity contribution in [2.45, 2.75) is 190 Å². The van der Waals surface area contributed by atoms with E-state index in [0.29, 0.717) is 56.0 Å². The number of hydrogen-bond acceptors (Lipinski definition) is 13. The fourth-order valence-electron chi connectivity index (χ4n) is 10.7. The first-order valence-corrected chi connectivity index (χ1v) is 25.4. The second kappa shape index (κ2) is 24.8. The smallest absolute Gasteiger partial charge is 0.307 e. The summed E-state index contributed by atoms with van der Waals surface area (Å²) in [6, 6.07) is -0.226. The van der Waals surface area contributed by atoms with Gasteiger partial charge in [-0.3, -0.25) is 27.4 Å². The van der Waals surface area contributed by atoms with E-state index in [-0.39, 0.29) is 78.0 Å². The lowest BCUT2D eigenvalue weighted by atomic mass is 9.71. The zero-order valence-electron chi connectivity index (χ0n) is 35.3. The Balaban J connectivity index is 0.857. The van der Waals surface area contributed by atoms with Crippen molar-refractivity contribution in [3.05, 3.63) is 0 Å². The zero-order chi connectivity index (χ0) is 42.6. The highest BCUT2D eigenvalue weighted by Gasteiger charge is 2.43. The minimum absolute atomic E-state index is 0.00686. The molecule has 14 nitrogen and oxygen atoms in total. The maximum absolute atomic E-state index is 13.5. The molecule has 4 N–H and O–H groups in total. The summed E-state index contributed by atoms with van der Waals surface area (Å²) in [5.41, 5.74) is 3.23. The summed E-state index contributed by atoms with van der Waals surface area (Å²) in [6.45, 7) is 5.05. The molecular formula is C42H70Cl2N2O12S2. The molecule has 18 heteroatoms. The van der Waals surface area contributed by atoms with Crippen molar-refractivity contribution in [1.82, 2.24) is 10.8 Å². The lowest BCUT2D eigenvalue weighted by Gasteiger charge is -2.42. The number of carboxylic acid groups (broad SMARTS) is 1. The molecule has 0 spiro atoms. The number of carboxylic acids is 1. The van der Waals surface area contributed by atoms with E-state index >= 15 is 0 Å². The molecule has 346 valence electrons. The number of nitrogens with one attached hydrogen (secondary N) is 2. The van der Waals surface area contributed by atoms with E-state index in [0.717, 1.165) is 109 Å². The van der Waals surface area contributed by atoms with E-state index in [4.69, 9.17) is 49.8 Å². The van der Waals surface area contributed by atoms with Crippen LogP contribution in [0.25, 0.3) is 0 Å². The molecule has 6 aliphatic carbocycles. The van der Waals surface area contributed by atoms with Crippen LogP contribution in [0.2, 0.25) is 0 Å². The van der Waals surface area contributed by atoms with Crippen molar-refractivity contribution in [1.29, 1.82) is 0 Å². The second-order valence-corrected chi connectivity index (χ2v) is 21.4. The number of halogens is 2. The van der Waals surface area contributed by atoms with Gasteiger partial charge in [-0.25, -0.2) is 9.78 Å². The topological polar surface area (TPSA) is 180 Å². The van der Waals surface area contributed by atoms with Crippen LogP contribution in [0, 0.1) is 47.3 Å². The molecule has 0 bridgehead atoms. The van der Waals surface area contributed by atoms with Crippen LogP contribution >= 0.6 is 35.5 Å². The monoisotopic (exact) mass is 928 g/mol. The first-order valence-electron chi connectivity index (χ1n) is 22.8. The van der Waals surface area contributed by atoms with Gasteiger partial charge < -0.3 is 15.3 Å². The number of carbonyl (C=O) groups is 2. The number of aliphatic carboxylic acids is 1. The third-order valence-electron chi connectivity index (χ3n) is 14.7. The summed E-state index contributed by atoms with van der Waals surface area (Å²) in [4.78, 5) is 41.9. The van der Waals surface area contributed by atoms with E-state index in [1.807, 2.05) is 0 Å². The highest BCUT2D eigenvalue weighted by Crippen LogP contribution is 2.42. The summed E-state index contributed by atoms with van der Waals surface area (Å²) in [5.74, 6) is -0.480. The Morgan fingerprint density at radius 3 is 1.90 bits per heavy atom. The standard InChI is InChI=1S/C42H70Cl2N2O12S2/c1-25-3-10-31(11-4-25)54-58-59-55-33-15-16-35(36(22-33)42(48)49)41(47)45-39-17-8-27(20-37(39)43)28-9-18-40(38(44)21-28)46-52-23-29-7-14-34(19-30(29)24-53-50)57-60(51)56-32-12-5-26(2)6-13-32/h25-40,46,50H,3-24H2,1-2H3,(H,45,47)(H,48,49). The Kier molecular flexibility index (Phi) is 20.3. The number of hydrogen-bond donors (Lipinski definition) is 4. The van der Waals surface area contributed by atoms with Gasteiger partial charge in [0, 0.05) is 12.1 Å². The SMILES string of the molecule is CC1CCC(OOSOC2CCC(C(=O)NC3CCC(C4CCC(NOCC5CCC(OS(=O)OC6CCC(C)CC6)CC5COO)C(Cl)C4)CC3Cl)C(C(=O)O)C2)CC1. The number of amides is 1. The largest absolute Gasteiger partial charge is 0.481 e. The van der Waals surface area contributed by atoms with E-state index in [1.165, 1.54) is 0 Å². The Hall–Kier alpha value is -0.340. The Morgan fingerprint density at radius 2 is 1.27 bits per heavy atom. The molecule has 0 radical (unpaired) electrons. The van der Waals surface area contributed by atoms with Gasteiger partial charge in [-0.15, -0.1) is 27.5 Å². The van der Waals surface area contributed by atoms with Crippen LogP contribution in [0.4, 0.5) is 0 Å². The van der Waals surface area contributed by atoms with Gasteiger partial charge in [0.2, 0.25) is 5.91 Å². The molecule has 0 aromatic rings. The molecule has 0 heterocycles. The van der Waals surface area contributed by atoms with Crippen LogP contribution in [0.1, 0.15) is 142 Å². The maximum Gasteiger partial charge on any atom is 0.307 e. The number of hydroxylamine groups is 1. The van der Waals surface area contributed by atoms with Gasteiger partial charge in [0.15, 0.2) is 12.3 Å². The van der Waals surface area contributed by atoms with Gasteiger partial charge in [0.1, 0.15) is 0 Å². The molecule has 1 amide bonds. The fourth-order valence-corrected chi connectivity index (χ4v) is 12.9. The minimum atomic E-state index is -1.80. The third-order valence-corrected chi connectivity index (χ3v) is 17.0. The molecule has 6 aliphatic rings. The summed E-state index contributed by atoms with van der Waals surface area (Å²) in [5, 5.41) is 22.1. The van der Waals surface area contributed by atoms with E-state index < -0.39 is 29.2 Å². The van der Waals surface area contributed by atoms with Crippen LogP contribution in [-0.2, 0) is 52.4 Å². The van der Waals surface area contributed by atoms with Crippen LogP contribution in [-0.4, -0.2) is 86.9 Å². The summed E-state index contributed by atoms with van der Waals surface area (Å²) >= 11 is 12.9. The van der Waals surface area contributed by atoms with Gasteiger partial charge in [-0.1, -0.05) is 13.8 Å². The van der Waals surface area contributed by atoms with Crippen LogP contribution in [0.3, 0.4) is 0 Å². The van der Waals surface area contributed by atoms with Gasteiger partial charge in [-0.2, -0.15) is 9.69 Å². The molecule has 60 heavy (non-hydrogen) atoms. The predicted octanol–water partition coefficient (Wildman–Crippen LogP) is 8.62. The molecule has 0 aromatic heterocycles. The average Bonchev–Trinajstić information content (AvgIpc) is 3.23. The Labute approximate surface area is 373 Å². The first-order chi connectivity index (χ1) is 28.9. The molecule has 0 saturated heterocycles. The maximum atomic E-state index is 13.5. The van der Waals surface area contributed by atoms with Crippen molar-refractivity contribution in [2.75, 3.05) is 13.2 Å². The van der Waals surface area contributed by atoms with E-state index in [9.17, 15) is 24.2 Å². The van der Waals surface area contributed by atoms with Crippen molar-refractivity contribution in [3.8, 4) is 0 Å². The lowest BCUT2D eigenvalue weighted by Crippen LogP contribution is -2.51. The summed E-state index contributed by atoms with van der Waals surface area (Å²) in [6.07, 6.45) is 15.9. The van der Waals surface area contributed by atoms with Crippen molar-refractivity contribution < 1.29 is 55.7 Å². The van der Waals surface area contributed by atoms with Crippen LogP contribution in [0.5, 0.6) is 0 Å². The van der Waals surface area contributed by atoms with E-state index in [1.54, 1.807) is 0 Å². The Bertz CT molecular complexity index is 1350. The Morgan fingerprint density at radius 1 is 0.667 bits per heavy atom. The van der Waals surface area contributed by atoms with Gasteiger partial charge in [0.25, 0.3) is 0 Å². The highest BCUT2D eigenvalue weighted by atomic mass is 35.5. The van der Waals surface area contributed by atoms with Crippen LogP contribution < -0.4 is 10.8 Å². The molecule has 13 atom stereocenters. The average molecular weight is 930 g/mol. The number of carbonyl (C=O) groups excluding carboxylic acids is 1. The quantitative estimate of drug-likeness (QED) is 0.0318. The van der Waals surface area contributed by atoms with Crippen molar-refractivity contribution in [3.63, 3.8) is 0 Å². The number of rotatable bonds is 19. The van der Waals surface area contributed by atoms with Gasteiger partial charge in [0.05, 0.1) is 60.2 Å². The molecule has 6 saturated carbocycles. The van der Waals surface area contributed by atoms with Crippen LogP contribution in [0.15, 0.2) is 0 Å². The van der Waals surface area contributed by atoms with Crippen molar-refractivity contribution >= 4 is 58.8 Å². The fraction of sp³-hybridized carbons (Fsp3) is 0.952. The van der Waals surface area contributed by atoms with Crippen molar-refractivity contribution in [2.24, 2.45) is 47.3 Å². The lowest BCUT2D eigenvalue weighted by molar-refractivity contribution is -0.258. The third kappa shape index (κ3) is 14.8. The van der Waals surface area contributed by atoms with Gasteiger partial charge >= 0.3 is 17.3 Å². The normalized spacial score (nSPS) is 41.0. The predicted molar refractivity (Wildman–Crippen MR) is 228 cm³/mol. The molecule has 6 rings (SSSR count). The molecular weight excluding hydrogens is 860 g/mol. The first kappa shape index (κ1) is 49.1. The zero-order valence-corrected chi connectivity index (χ0v) is 38.5. The molecule has 6 fully saturated rings. The minimum Gasteiger partial charge on any atom is -0.481 e. The molecule has 0 aromatic carbocycles. The summed E-state index contributed by atoms with van der Waals surface area (Å²) in [7, 11) is 0. The molecule has 0 aliphatic heterocycles. The number of alkyl halides is 2. The highest BCUT2D eigenvalue weighted by molar-refractivity contribution is 7.89. The van der Waals surface area contributed by atoms with Gasteiger partial charge in [-0.05, 0) is 164 Å².